The first-order valence-corrected chi connectivity index (χ1v) is 6.28. The molecule has 1 aromatic carbocycles. The Morgan fingerprint density at radius 3 is 2.00 bits per heavy atom. The highest BCUT2D eigenvalue weighted by atomic mass is 16.5. The lowest BCUT2D eigenvalue weighted by Crippen LogP contribution is -2.11. The quantitative estimate of drug-likeness (QED) is 0.710. The van der Waals surface area contributed by atoms with Gasteiger partial charge in [0.25, 0.3) is 0 Å². The van der Waals surface area contributed by atoms with Gasteiger partial charge in [-0.25, -0.2) is 0 Å². The number of carbonyl (C=O) groups excluding carboxylic acids is 2. The summed E-state index contributed by atoms with van der Waals surface area (Å²) in [6.45, 7) is 3.66. The smallest absolute Gasteiger partial charge is 0.170 e. The third kappa shape index (κ3) is 3.81. The predicted molar refractivity (Wildman–Crippen MR) is 73.0 cm³/mol. The summed E-state index contributed by atoms with van der Waals surface area (Å²) in [5.74, 6) is 0.848. The summed E-state index contributed by atoms with van der Waals surface area (Å²) in [6.07, 6.45) is 0.422. The lowest BCUT2D eigenvalue weighted by Gasteiger charge is -2.12. The average Bonchev–Trinajstić information content (AvgIpc) is 2.42. The zero-order valence-electron chi connectivity index (χ0n) is 11.9. The highest BCUT2D eigenvalue weighted by molar-refractivity contribution is 6.02. The van der Waals surface area contributed by atoms with E-state index in [9.17, 15) is 9.59 Å². The zero-order chi connectivity index (χ0) is 14.4. The van der Waals surface area contributed by atoms with Crippen LogP contribution in [0, 0.1) is 5.92 Å². The monoisotopic (exact) mass is 264 g/mol. The fraction of sp³-hybridized carbons (Fsp3) is 0.467. The maximum Gasteiger partial charge on any atom is 0.170 e. The van der Waals surface area contributed by atoms with Gasteiger partial charge in [-0.2, -0.15) is 0 Å². The van der Waals surface area contributed by atoms with Crippen LogP contribution in [-0.4, -0.2) is 25.8 Å². The second-order valence-corrected chi connectivity index (χ2v) is 4.58. The molecule has 0 aliphatic carbocycles. The third-order valence-electron chi connectivity index (χ3n) is 2.95. The summed E-state index contributed by atoms with van der Waals surface area (Å²) in [6, 6.07) is 5.17. The van der Waals surface area contributed by atoms with Gasteiger partial charge in [-0.15, -0.1) is 0 Å². The van der Waals surface area contributed by atoms with Crippen molar-refractivity contribution in [3.8, 4) is 11.5 Å². The normalized spacial score (nSPS) is 10.4. The maximum atomic E-state index is 12.2. The van der Waals surface area contributed by atoms with E-state index >= 15 is 0 Å². The van der Waals surface area contributed by atoms with E-state index < -0.39 is 0 Å². The van der Waals surface area contributed by atoms with Crippen LogP contribution in [0.5, 0.6) is 11.5 Å². The summed E-state index contributed by atoms with van der Waals surface area (Å²) >= 11 is 0. The van der Waals surface area contributed by atoms with Crippen molar-refractivity contribution in [2.75, 3.05) is 14.2 Å². The van der Waals surface area contributed by atoms with E-state index in [0.717, 1.165) is 0 Å². The molecule has 0 aliphatic heterocycles. The van der Waals surface area contributed by atoms with Crippen LogP contribution in [0.3, 0.4) is 0 Å². The van der Waals surface area contributed by atoms with Crippen LogP contribution in [-0.2, 0) is 4.79 Å². The maximum absolute atomic E-state index is 12.2. The summed E-state index contributed by atoms with van der Waals surface area (Å²) in [4.78, 5) is 23.8. The van der Waals surface area contributed by atoms with Gasteiger partial charge in [0.15, 0.2) is 5.78 Å². The van der Waals surface area contributed by atoms with E-state index in [4.69, 9.17) is 9.47 Å². The van der Waals surface area contributed by atoms with Gasteiger partial charge in [0, 0.05) is 18.8 Å². The molecule has 1 rings (SSSR count). The van der Waals surface area contributed by atoms with E-state index in [1.54, 1.807) is 18.2 Å². The molecule has 0 radical (unpaired) electrons. The molecule has 0 fully saturated rings. The van der Waals surface area contributed by atoms with Crippen molar-refractivity contribution in [1.29, 1.82) is 0 Å². The predicted octanol–water partition coefficient (Wildman–Crippen LogP) is 2.89. The van der Waals surface area contributed by atoms with E-state index in [1.807, 2.05) is 13.8 Å². The largest absolute Gasteiger partial charge is 0.496 e. The number of Topliss-reactive ketones (excluding diaryl/α,β-unsaturated/α-hetero) is 2. The first-order valence-electron chi connectivity index (χ1n) is 6.28. The molecule has 0 aromatic heterocycles. The number of methoxy groups -OCH3 is 2. The Bertz CT molecular complexity index is 441. The van der Waals surface area contributed by atoms with Crippen LogP contribution in [0.4, 0.5) is 0 Å². The molecule has 4 heteroatoms. The van der Waals surface area contributed by atoms with Crippen molar-refractivity contribution in [2.24, 2.45) is 5.92 Å². The summed E-state index contributed by atoms with van der Waals surface area (Å²) < 4.78 is 10.4. The third-order valence-corrected chi connectivity index (χ3v) is 2.95. The minimum absolute atomic E-state index is 0.0487. The van der Waals surface area contributed by atoms with Crippen LogP contribution in [0.25, 0.3) is 0 Å². The Labute approximate surface area is 113 Å². The number of hydrogen-bond donors (Lipinski definition) is 0. The van der Waals surface area contributed by atoms with Gasteiger partial charge in [-0.3, -0.25) is 9.59 Å². The number of hydrogen-bond acceptors (Lipinski definition) is 4. The Kier molecular flexibility index (Phi) is 5.55. The average molecular weight is 264 g/mol. The molecule has 0 spiro atoms. The molecular formula is C15H20O4. The van der Waals surface area contributed by atoms with Gasteiger partial charge in [-0.1, -0.05) is 19.9 Å². The van der Waals surface area contributed by atoms with Crippen molar-refractivity contribution in [3.05, 3.63) is 23.8 Å². The van der Waals surface area contributed by atoms with E-state index in [-0.39, 0.29) is 30.3 Å². The van der Waals surface area contributed by atoms with Crippen molar-refractivity contribution in [1.82, 2.24) is 0 Å². The molecular weight excluding hydrogens is 244 g/mol. The highest BCUT2D eigenvalue weighted by Gasteiger charge is 2.19. The van der Waals surface area contributed by atoms with Crippen LogP contribution in [0.15, 0.2) is 18.2 Å². The first-order chi connectivity index (χ1) is 9.01. The molecule has 0 saturated heterocycles. The second kappa shape index (κ2) is 6.92. The van der Waals surface area contributed by atoms with Gasteiger partial charge in [0.2, 0.25) is 0 Å². The van der Waals surface area contributed by atoms with E-state index in [1.165, 1.54) is 14.2 Å². The van der Waals surface area contributed by atoms with Gasteiger partial charge in [-0.05, 0) is 12.1 Å². The molecule has 0 unspecified atom stereocenters. The molecule has 0 N–H and O–H groups in total. The van der Waals surface area contributed by atoms with Gasteiger partial charge in [0.05, 0.1) is 14.2 Å². The van der Waals surface area contributed by atoms with Crippen LogP contribution < -0.4 is 9.47 Å². The lowest BCUT2D eigenvalue weighted by atomic mass is 9.99. The van der Waals surface area contributed by atoms with Gasteiger partial charge >= 0.3 is 0 Å². The summed E-state index contributed by atoms with van der Waals surface area (Å²) in [5.41, 5.74) is 0.407. The minimum Gasteiger partial charge on any atom is -0.496 e. The highest BCUT2D eigenvalue weighted by Crippen LogP contribution is 2.29. The molecule has 0 bridgehead atoms. The summed E-state index contributed by atoms with van der Waals surface area (Å²) in [5, 5.41) is 0. The Hall–Kier alpha value is -1.84. The minimum atomic E-state index is -0.136. The Morgan fingerprint density at radius 2 is 1.58 bits per heavy atom. The molecule has 0 saturated carbocycles. The topological polar surface area (TPSA) is 52.6 Å². The SMILES string of the molecule is COc1cccc(OC)c1C(=O)CCC(=O)C(C)C. The Balaban J connectivity index is 2.90. The molecule has 1 aromatic rings. The molecule has 4 nitrogen and oxygen atoms in total. The molecule has 0 aliphatic rings. The van der Waals surface area contributed by atoms with Crippen molar-refractivity contribution in [3.63, 3.8) is 0 Å². The van der Waals surface area contributed by atoms with Gasteiger partial charge < -0.3 is 9.47 Å². The zero-order valence-corrected chi connectivity index (χ0v) is 11.9. The van der Waals surface area contributed by atoms with Crippen molar-refractivity contribution >= 4 is 11.6 Å². The summed E-state index contributed by atoms with van der Waals surface area (Å²) in [7, 11) is 3.01. The number of rotatable bonds is 7. The number of ether oxygens (including phenoxy) is 2. The van der Waals surface area contributed by atoms with Crippen LogP contribution in [0.1, 0.15) is 37.0 Å². The van der Waals surface area contributed by atoms with Crippen LogP contribution in [0.2, 0.25) is 0 Å². The molecule has 19 heavy (non-hydrogen) atoms. The fourth-order valence-corrected chi connectivity index (χ4v) is 1.78. The molecule has 0 heterocycles. The number of ketones is 2. The second-order valence-electron chi connectivity index (χ2n) is 4.58. The molecule has 0 atom stereocenters. The lowest BCUT2D eigenvalue weighted by molar-refractivity contribution is -0.121. The van der Waals surface area contributed by atoms with Crippen molar-refractivity contribution < 1.29 is 19.1 Å². The van der Waals surface area contributed by atoms with E-state index in [2.05, 4.69) is 0 Å². The fourth-order valence-electron chi connectivity index (χ4n) is 1.78. The van der Waals surface area contributed by atoms with Gasteiger partial charge in [0.1, 0.15) is 22.8 Å². The van der Waals surface area contributed by atoms with Crippen molar-refractivity contribution in [2.45, 2.75) is 26.7 Å². The Morgan fingerprint density at radius 1 is 1.05 bits per heavy atom. The number of carbonyl (C=O) groups is 2. The van der Waals surface area contributed by atoms with Crippen LogP contribution >= 0.6 is 0 Å². The number of benzene rings is 1. The molecule has 0 amide bonds. The molecule has 104 valence electrons. The standard InChI is InChI=1S/C15H20O4/c1-10(2)11(16)8-9-12(17)15-13(18-3)6-5-7-14(15)19-4/h5-7,10H,8-9H2,1-4H3. The first kappa shape index (κ1) is 15.2. The van der Waals surface area contributed by atoms with E-state index in [0.29, 0.717) is 17.1 Å².